The van der Waals surface area contributed by atoms with Crippen LogP contribution in [0.4, 0.5) is 0 Å². The van der Waals surface area contributed by atoms with Gasteiger partial charge < -0.3 is 15.3 Å². The SMILES string of the molecule is C=C1CC[C@](C)(/C=C/[C@H](O)[C@@H](C)[C@H]2CC[C@H]3[C@@H]4C[C@H](OS(=O)(=O)O)[C@H]5C[C@@H](O)[C@@H](OS(=O)(=O)O)C[C@]5(C)[C@H]4CC[C@]23C)[C@H]1CC[C@@H](C)[C@H]1CC[C@H]2[C@@H]3C[C@H](OS(=O)(=O)O)[C@H]4C[C@H](O)[C@@H](OS(=O)(=O)O)C[C@]4(C)[C@H]3CC[C@]12C. The molecule has 442 valence electrons. The van der Waals surface area contributed by atoms with Crippen LogP contribution in [0.2, 0.25) is 0 Å². The van der Waals surface area contributed by atoms with Crippen LogP contribution in [-0.2, 0) is 58.3 Å². The van der Waals surface area contributed by atoms with Gasteiger partial charge in [0.05, 0.1) is 30.5 Å². The minimum atomic E-state index is -4.90. The molecule has 0 saturated heterocycles. The highest BCUT2D eigenvalue weighted by Gasteiger charge is 2.67. The number of hydrogen-bond acceptors (Lipinski definition) is 15. The first-order chi connectivity index (χ1) is 35.4. The fourth-order valence-electron chi connectivity index (χ4n) is 20.8. The summed E-state index contributed by atoms with van der Waals surface area (Å²) in [6.45, 7) is 19.9. The topological polar surface area (TPSA) is 315 Å². The van der Waals surface area contributed by atoms with Gasteiger partial charge in [-0.3, -0.25) is 18.2 Å². The Hall–Kier alpha value is -1.16. The normalized spacial score (nSPS) is 48.5. The summed E-state index contributed by atoms with van der Waals surface area (Å²) in [5.41, 5.74) is -0.795. The second kappa shape index (κ2) is 20.9. The van der Waals surface area contributed by atoms with Crippen molar-refractivity contribution >= 4 is 41.6 Å². The van der Waals surface area contributed by atoms with Gasteiger partial charge in [0.15, 0.2) is 0 Å². The molecule has 9 fully saturated rings. The third kappa shape index (κ3) is 11.5. The van der Waals surface area contributed by atoms with Crippen molar-refractivity contribution < 1.29 is 83.9 Å². The van der Waals surface area contributed by atoms with Gasteiger partial charge >= 0.3 is 41.6 Å². The Bertz CT molecular complexity index is 2720. The third-order valence-corrected chi connectivity index (χ3v) is 26.1. The van der Waals surface area contributed by atoms with Crippen molar-refractivity contribution in [3.05, 3.63) is 24.3 Å². The molecule has 23 heteroatoms. The average Bonchev–Trinajstić information content (AvgIpc) is 4.12. The van der Waals surface area contributed by atoms with Crippen molar-refractivity contribution in [3.8, 4) is 0 Å². The highest BCUT2D eigenvalue weighted by molar-refractivity contribution is 7.81. The highest BCUT2D eigenvalue weighted by Crippen LogP contribution is 2.71. The lowest BCUT2D eigenvalue weighted by molar-refractivity contribution is -0.187. The van der Waals surface area contributed by atoms with Crippen molar-refractivity contribution in [2.45, 2.75) is 207 Å². The molecule has 0 aromatic carbocycles. The molecule has 0 unspecified atom stereocenters. The summed E-state index contributed by atoms with van der Waals surface area (Å²) in [4.78, 5) is 0. The molecule has 0 amide bonds. The molecule has 19 nitrogen and oxygen atoms in total. The maximum atomic E-state index is 12.3. The zero-order valence-corrected chi connectivity index (χ0v) is 49.1. The van der Waals surface area contributed by atoms with Gasteiger partial charge in [0.2, 0.25) is 0 Å². The summed E-state index contributed by atoms with van der Waals surface area (Å²) in [6.07, 6.45) is 7.86. The van der Waals surface area contributed by atoms with E-state index in [0.29, 0.717) is 24.7 Å². The van der Waals surface area contributed by atoms with Gasteiger partial charge in [-0.05, 0) is 220 Å². The van der Waals surface area contributed by atoms with E-state index in [4.69, 9.17) is 16.7 Å². The molecule has 0 bridgehead atoms. The largest absolute Gasteiger partial charge is 0.397 e. The van der Waals surface area contributed by atoms with E-state index in [9.17, 15) is 67.2 Å². The summed E-state index contributed by atoms with van der Waals surface area (Å²) in [7, 11) is -19.5. The average molecular weight is 1170 g/mol. The fraction of sp³-hybridized carbons (Fsp3) is 0.926. The molecule has 7 N–H and O–H groups in total. The first kappa shape index (κ1) is 60.4. The summed E-state index contributed by atoms with van der Waals surface area (Å²) in [5, 5.41) is 34.1. The monoisotopic (exact) mass is 1170 g/mol. The molecule has 9 rings (SSSR count). The van der Waals surface area contributed by atoms with E-state index < -0.39 is 107 Å². The number of fused-ring (bicyclic) bond motifs is 10. The Morgan fingerprint density at radius 2 is 0.961 bits per heavy atom. The molecule has 0 spiro atoms. The molecule has 9 aliphatic rings. The molecular weight excluding hydrogens is 1080 g/mol. The molecule has 0 aliphatic heterocycles. The molecular formula is C54H88O19S4. The molecule has 77 heavy (non-hydrogen) atoms. The van der Waals surface area contributed by atoms with E-state index in [1.54, 1.807) is 0 Å². The van der Waals surface area contributed by atoms with Gasteiger partial charge in [-0.15, -0.1) is 0 Å². The van der Waals surface area contributed by atoms with Gasteiger partial charge in [-0.25, -0.2) is 16.7 Å². The van der Waals surface area contributed by atoms with Crippen LogP contribution < -0.4 is 0 Å². The van der Waals surface area contributed by atoms with Crippen LogP contribution in [-0.4, -0.2) is 110 Å². The number of aliphatic hydroxyl groups is 3. The third-order valence-electron chi connectivity index (χ3n) is 24.1. The maximum absolute atomic E-state index is 12.3. The van der Waals surface area contributed by atoms with Crippen LogP contribution in [0.15, 0.2) is 24.3 Å². The molecule has 0 aromatic rings. The minimum Gasteiger partial charge on any atom is -0.390 e. The van der Waals surface area contributed by atoms with Crippen molar-refractivity contribution in [1.82, 2.24) is 0 Å². The van der Waals surface area contributed by atoms with Crippen molar-refractivity contribution in [3.63, 3.8) is 0 Å². The van der Waals surface area contributed by atoms with Crippen LogP contribution in [0.25, 0.3) is 0 Å². The van der Waals surface area contributed by atoms with Crippen molar-refractivity contribution in [1.29, 1.82) is 0 Å². The van der Waals surface area contributed by atoms with E-state index in [1.165, 1.54) is 5.57 Å². The zero-order chi connectivity index (χ0) is 56.6. The van der Waals surface area contributed by atoms with E-state index in [2.05, 4.69) is 47.3 Å². The fourth-order valence-corrected chi connectivity index (χ4v) is 22.9. The number of hydrogen-bond donors (Lipinski definition) is 7. The Morgan fingerprint density at radius 3 is 1.40 bits per heavy atom. The molecule has 25 atom stereocenters. The van der Waals surface area contributed by atoms with Gasteiger partial charge in [0.1, 0.15) is 12.2 Å². The minimum absolute atomic E-state index is 0.00679. The first-order valence-corrected chi connectivity index (χ1v) is 33.9. The van der Waals surface area contributed by atoms with Crippen LogP contribution in [0, 0.1) is 104 Å². The Morgan fingerprint density at radius 1 is 0.558 bits per heavy atom. The van der Waals surface area contributed by atoms with Crippen LogP contribution in [0.3, 0.4) is 0 Å². The number of allylic oxidation sites excluding steroid dienone is 2. The van der Waals surface area contributed by atoms with E-state index in [0.717, 1.165) is 77.0 Å². The summed E-state index contributed by atoms with van der Waals surface area (Å²) in [6, 6.07) is 0. The van der Waals surface area contributed by atoms with Crippen LogP contribution in [0.1, 0.15) is 164 Å². The Labute approximate surface area is 458 Å². The van der Waals surface area contributed by atoms with Gasteiger partial charge in [-0.1, -0.05) is 72.8 Å². The molecule has 9 saturated carbocycles. The van der Waals surface area contributed by atoms with Gasteiger partial charge in [-0.2, -0.15) is 33.7 Å². The van der Waals surface area contributed by atoms with E-state index in [1.807, 2.05) is 19.9 Å². The molecule has 0 radical (unpaired) electrons. The lowest BCUT2D eigenvalue weighted by Gasteiger charge is -2.63. The second-order valence-electron chi connectivity index (χ2n) is 27.7. The highest BCUT2D eigenvalue weighted by atomic mass is 32.3. The lowest BCUT2D eigenvalue weighted by atomic mass is 9.43. The van der Waals surface area contributed by atoms with Gasteiger partial charge in [0.25, 0.3) is 0 Å². The molecule has 0 aromatic heterocycles. The van der Waals surface area contributed by atoms with E-state index >= 15 is 0 Å². The zero-order valence-electron chi connectivity index (χ0n) is 45.8. The smallest absolute Gasteiger partial charge is 0.390 e. The molecule has 0 heterocycles. The second-order valence-corrected chi connectivity index (χ2v) is 31.8. The summed E-state index contributed by atoms with van der Waals surface area (Å²) in [5.74, 6) is 0.189. The summed E-state index contributed by atoms with van der Waals surface area (Å²) >= 11 is 0. The lowest BCUT2D eigenvalue weighted by Crippen LogP contribution is -2.61. The first-order valence-electron chi connectivity index (χ1n) is 28.4. The Balaban J connectivity index is 0.860. The van der Waals surface area contributed by atoms with E-state index in [-0.39, 0.29) is 95.2 Å². The van der Waals surface area contributed by atoms with Gasteiger partial charge in [0, 0.05) is 0 Å². The number of aliphatic hydroxyl groups excluding tert-OH is 3. The molecule has 9 aliphatic carbocycles. The standard InChI is InChI=1S/C54H88O19S4/c1-29(35-11-13-37-32-23-46(70-74(58,59)60)41-25-44(56)48(72-76(64,65)66)27-53(41,7)39(32)16-21-51(35,37)5)9-10-34-30(2)15-19-50(34,4)20-18-43(55)31(3)36-12-14-38-33-24-47(71-75(61,62)63)42-26-45(57)49(73-77(67,68)69)28-54(42,8)40(33)17-22-52(36,38)6/h18,20,29,31-49,55-57H,2,9-17,19,21-28H2,1,3-8H3,(H,58,59,60)(H,61,62,63)(H,64,65,66)(H,67,68,69)/b20-18+/t29-,31+,32+,33+,34+,35-,36-,37+,38+,39+,40+,41-,42-,43+,44+,45-,46+,47+,48+,49+,50-,51-,52-,53-,54-/m1/s1. The quantitative estimate of drug-likeness (QED) is 0.0566. The Kier molecular flexibility index (Phi) is 16.4. The van der Waals surface area contributed by atoms with Crippen LogP contribution >= 0.6 is 0 Å². The number of rotatable bonds is 16. The van der Waals surface area contributed by atoms with Crippen molar-refractivity contribution in [2.24, 2.45) is 104 Å². The predicted octanol–water partition coefficient (Wildman–Crippen LogP) is 8.16. The van der Waals surface area contributed by atoms with Crippen molar-refractivity contribution in [2.75, 3.05) is 0 Å². The summed E-state index contributed by atoms with van der Waals surface area (Å²) < 4.78 is 156. The maximum Gasteiger partial charge on any atom is 0.397 e. The predicted molar refractivity (Wildman–Crippen MR) is 282 cm³/mol. The van der Waals surface area contributed by atoms with Crippen LogP contribution in [0.5, 0.6) is 0 Å².